The molecular weight excluding hydrogens is 330 g/mol. The van der Waals surface area contributed by atoms with Gasteiger partial charge in [-0.2, -0.15) is 0 Å². The number of para-hydroxylation sites is 2. The van der Waals surface area contributed by atoms with Gasteiger partial charge < -0.3 is 10.6 Å². The molecule has 0 atom stereocenters. The lowest BCUT2D eigenvalue weighted by atomic mass is 10.1. The maximum atomic E-state index is 12.6. The fraction of sp³-hybridized carbons (Fsp3) is 0.200. The van der Waals surface area contributed by atoms with Crippen molar-refractivity contribution >= 4 is 28.6 Å². The first-order valence-electron chi connectivity index (χ1n) is 8.27. The monoisotopic (exact) mass is 351 g/mol. The standard InChI is InChI=1S/C20H21N3OS/c1-14(2)20-23-16(13-25-20)12-21-19(24)17-10-6-7-11-18(17)22-15-8-4-3-5-9-15/h3-11,13-14,22H,12H2,1-2H3,(H,21,24). The molecule has 0 aliphatic rings. The van der Waals surface area contributed by atoms with Crippen LogP contribution in [0.15, 0.2) is 60.0 Å². The van der Waals surface area contributed by atoms with E-state index < -0.39 is 0 Å². The summed E-state index contributed by atoms with van der Waals surface area (Å²) < 4.78 is 0. The van der Waals surface area contributed by atoms with Gasteiger partial charge in [0.25, 0.3) is 5.91 Å². The average Bonchev–Trinajstić information content (AvgIpc) is 3.10. The molecule has 5 heteroatoms. The molecule has 0 unspecified atom stereocenters. The number of nitrogens with zero attached hydrogens (tertiary/aromatic N) is 1. The van der Waals surface area contributed by atoms with Crippen LogP contribution in [-0.4, -0.2) is 10.9 Å². The first-order chi connectivity index (χ1) is 12.1. The third kappa shape index (κ3) is 4.45. The fourth-order valence-electron chi connectivity index (χ4n) is 2.40. The van der Waals surface area contributed by atoms with E-state index in [9.17, 15) is 4.79 Å². The summed E-state index contributed by atoms with van der Waals surface area (Å²) in [7, 11) is 0. The smallest absolute Gasteiger partial charge is 0.253 e. The zero-order chi connectivity index (χ0) is 17.6. The molecular formula is C20H21N3OS. The van der Waals surface area contributed by atoms with E-state index in [0.29, 0.717) is 18.0 Å². The van der Waals surface area contributed by atoms with Gasteiger partial charge in [0.05, 0.1) is 28.5 Å². The summed E-state index contributed by atoms with van der Waals surface area (Å²) in [6, 6.07) is 17.3. The molecule has 0 radical (unpaired) electrons. The Kier molecular flexibility index (Phi) is 5.46. The molecule has 128 valence electrons. The van der Waals surface area contributed by atoms with Crippen molar-refractivity contribution in [2.24, 2.45) is 0 Å². The quantitative estimate of drug-likeness (QED) is 0.661. The summed E-state index contributed by atoms with van der Waals surface area (Å²) in [6.45, 7) is 4.67. The van der Waals surface area contributed by atoms with Crippen LogP contribution in [0.4, 0.5) is 11.4 Å². The number of anilines is 2. The number of hydrogen-bond donors (Lipinski definition) is 2. The molecule has 0 saturated heterocycles. The van der Waals surface area contributed by atoms with Gasteiger partial charge in [0, 0.05) is 17.0 Å². The van der Waals surface area contributed by atoms with E-state index in [1.165, 1.54) is 0 Å². The van der Waals surface area contributed by atoms with Crippen molar-refractivity contribution < 1.29 is 4.79 Å². The van der Waals surface area contributed by atoms with Crippen LogP contribution in [0.1, 0.15) is 40.8 Å². The van der Waals surface area contributed by atoms with Crippen molar-refractivity contribution in [1.29, 1.82) is 0 Å². The second kappa shape index (κ2) is 7.94. The molecule has 1 amide bonds. The molecule has 4 nitrogen and oxygen atoms in total. The lowest BCUT2D eigenvalue weighted by molar-refractivity contribution is 0.0951. The Hall–Kier alpha value is -2.66. The second-order valence-corrected chi connectivity index (χ2v) is 6.94. The van der Waals surface area contributed by atoms with E-state index in [1.54, 1.807) is 11.3 Å². The molecule has 0 aliphatic carbocycles. The zero-order valence-corrected chi connectivity index (χ0v) is 15.1. The van der Waals surface area contributed by atoms with Gasteiger partial charge in [0.2, 0.25) is 0 Å². The van der Waals surface area contributed by atoms with E-state index >= 15 is 0 Å². The maximum Gasteiger partial charge on any atom is 0.253 e. The summed E-state index contributed by atoms with van der Waals surface area (Å²) in [5.41, 5.74) is 3.25. The van der Waals surface area contributed by atoms with Crippen molar-refractivity contribution in [2.45, 2.75) is 26.3 Å². The Morgan fingerprint density at radius 1 is 1.08 bits per heavy atom. The maximum absolute atomic E-state index is 12.6. The topological polar surface area (TPSA) is 54.0 Å². The van der Waals surface area contributed by atoms with Crippen LogP contribution in [0, 0.1) is 0 Å². The molecule has 1 aromatic heterocycles. The summed E-state index contributed by atoms with van der Waals surface area (Å²) >= 11 is 1.64. The molecule has 3 aromatic rings. The Morgan fingerprint density at radius 2 is 1.80 bits per heavy atom. The number of carbonyl (C=O) groups is 1. The number of carbonyl (C=O) groups excluding carboxylic acids is 1. The summed E-state index contributed by atoms with van der Waals surface area (Å²) in [6.07, 6.45) is 0. The Labute approximate surface area is 151 Å². The third-order valence-electron chi connectivity index (χ3n) is 3.72. The van der Waals surface area contributed by atoms with Gasteiger partial charge in [-0.05, 0) is 24.3 Å². The molecule has 1 heterocycles. The highest BCUT2D eigenvalue weighted by Crippen LogP contribution is 2.21. The fourth-order valence-corrected chi connectivity index (χ4v) is 3.24. The largest absolute Gasteiger partial charge is 0.355 e. The normalized spacial score (nSPS) is 10.7. The van der Waals surface area contributed by atoms with E-state index in [0.717, 1.165) is 22.1 Å². The van der Waals surface area contributed by atoms with Gasteiger partial charge in [-0.25, -0.2) is 4.98 Å². The van der Waals surface area contributed by atoms with Crippen molar-refractivity contribution in [3.63, 3.8) is 0 Å². The minimum atomic E-state index is -0.113. The highest BCUT2D eigenvalue weighted by molar-refractivity contribution is 7.09. The summed E-state index contributed by atoms with van der Waals surface area (Å²) in [5.74, 6) is 0.295. The van der Waals surface area contributed by atoms with Crippen molar-refractivity contribution in [2.75, 3.05) is 5.32 Å². The van der Waals surface area contributed by atoms with Gasteiger partial charge in [-0.15, -0.1) is 11.3 Å². The van der Waals surface area contributed by atoms with Gasteiger partial charge in [-0.1, -0.05) is 44.2 Å². The number of nitrogens with one attached hydrogen (secondary N) is 2. The van der Waals surface area contributed by atoms with Crippen molar-refractivity contribution in [3.8, 4) is 0 Å². The number of aromatic nitrogens is 1. The number of benzene rings is 2. The summed E-state index contributed by atoms with van der Waals surface area (Å²) in [4.78, 5) is 17.1. The minimum Gasteiger partial charge on any atom is -0.355 e. The van der Waals surface area contributed by atoms with Crippen molar-refractivity contribution in [3.05, 3.63) is 76.2 Å². The van der Waals surface area contributed by atoms with Crippen LogP contribution in [0.2, 0.25) is 0 Å². The van der Waals surface area contributed by atoms with Crippen LogP contribution in [0.3, 0.4) is 0 Å². The highest BCUT2D eigenvalue weighted by Gasteiger charge is 2.12. The molecule has 25 heavy (non-hydrogen) atoms. The van der Waals surface area contributed by atoms with Gasteiger partial charge >= 0.3 is 0 Å². The first kappa shape index (κ1) is 17.2. The molecule has 0 saturated carbocycles. The third-order valence-corrected chi connectivity index (χ3v) is 4.91. The van der Waals surface area contributed by atoms with Crippen molar-refractivity contribution in [1.82, 2.24) is 10.3 Å². The Morgan fingerprint density at radius 3 is 2.52 bits per heavy atom. The van der Waals surface area contributed by atoms with E-state index in [-0.39, 0.29) is 5.91 Å². The van der Waals surface area contributed by atoms with Crippen LogP contribution in [0.5, 0.6) is 0 Å². The lowest BCUT2D eigenvalue weighted by Gasteiger charge is -2.12. The van der Waals surface area contributed by atoms with E-state index in [2.05, 4.69) is 29.5 Å². The Bertz CT molecular complexity index is 843. The molecule has 0 aliphatic heterocycles. The number of hydrogen-bond acceptors (Lipinski definition) is 4. The number of rotatable bonds is 6. The van der Waals surface area contributed by atoms with Gasteiger partial charge in [0.1, 0.15) is 0 Å². The first-order valence-corrected chi connectivity index (χ1v) is 9.15. The van der Waals surface area contributed by atoms with E-state index in [1.807, 2.05) is 60.0 Å². The molecule has 2 N–H and O–H groups in total. The SMILES string of the molecule is CC(C)c1nc(CNC(=O)c2ccccc2Nc2ccccc2)cs1. The van der Waals surface area contributed by atoms with Gasteiger partial charge in [0.15, 0.2) is 0 Å². The Balaban J connectivity index is 1.69. The van der Waals surface area contributed by atoms with Gasteiger partial charge in [-0.3, -0.25) is 4.79 Å². The highest BCUT2D eigenvalue weighted by atomic mass is 32.1. The predicted molar refractivity (Wildman–Crippen MR) is 104 cm³/mol. The zero-order valence-electron chi connectivity index (χ0n) is 14.3. The molecule has 0 bridgehead atoms. The lowest BCUT2D eigenvalue weighted by Crippen LogP contribution is -2.23. The van der Waals surface area contributed by atoms with Crippen LogP contribution < -0.4 is 10.6 Å². The second-order valence-electron chi connectivity index (χ2n) is 6.05. The van der Waals surface area contributed by atoms with E-state index in [4.69, 9.17) is 0 Å². The number of thiazole rings is 1. The van der Waals surface area contributed by atoms with Crippen LogP contribution in [0.25, 0.3) is 0 Å². The predicted octanol–water partition coefficient (Wildman–Crippen LogP) is 4.94. The molecule has 2 aromatic carbocycles. The van der Waals surface area contributed by atoms with Crippen LogP contribution in [-0.2, 0) is 6.54 Å². The average molecular weight is 351 g/mol. The molecule has 0 spiro atoms. The minimum absolute atomic E-state index is 0.113. The van der Waals surface area contributed by atoms with Crippen LogP contribution >= 0.6 is 11.3 Å². The number of amides is 1. The summed E-state index contributed by atoms with van der Waals surface area (Å²) in [5, 5.41) is 9.35. The molecule has 0 fully saturated rings. The molecule has 3 rings (SSSR count).